The Morgan fingerprint density at radius 1 is 0.455 bits per heavy atom. The summed E-state index contributed by atoms with van der Waals surface area (Å²) < 4.78 is 1.17. The molecule has 0 unspecified atom stereocenters. The van der Waals surface area contributed by atoms with Crippen molar-refractivity contribution in [3.05, 3.63) is 149 Å². The molecule has 1 aliphatic rings. The van der Waals surface area contributed by atoms with Crippen LogP contribution in [0.15, 0.2) is 138 Å². The van der Waals surface area contributed by atoms with Crippen LogP contribution in [0.2, 0.25) is 0 Å². The van der Waals surface area contributed by atoms with Gasteiger partial charge in [-0.05, 0) is 64.6 Å². The van der Waals surface area contributed by atoms with Gasteiger partial charge in [-0.25, -0.2) is 0 Å². The van der Waals surface area contributed by atoms with Crippen LogP contribution in [0, 0.1) is 0 Å². The lowest BCUT2D eigenvalue weighted by Crippen LogP contribution is -2.20. The zero-order valence-corrected chi connectivity index (χ0v) is 20.7. The molecule has 1 aliphatic carbocycles. The van der Waals surface area contributed by atoms with E-state index in [9.17, 15) is 0 Å². The Balaban J connectivity index is 0.000000144. The minimum Gasteiger partial charge on any atom is -0.0622 e. The van der Waals surface area contributed by atoms with E-state index in [1.165, 1.54) is 42.6 Å². The second kappa shape index (κ2) is 10.3. The SMILES string of the molecule is Brc1ccc2c(c1)Cc1ccccc1-2.c1ccc(P(c2ccccc2)c2ccccc2)cc1. The smallest absolute Gasteiger partial charge is 0.0178 e. The first-order chi connectivity index (χ1) is 16.3. The Bertz CT molecular complexity index is 1240. The summed E-state index contributed by atoms with van der Waals surface area (Å²) in [5, 5.41) is 4.19. The lowest BCUT2D eigenvalue weighted by atomic mass is 10.1. The summed E-state index contributed by atoms with van der Waals surface area (Å²) in [5.74, 6) is 0. The molecule has 0 aromatic heterocycles. The zero-order valence-electron chi connectivity index (χ0n) is 18.2. The van der Waals surface area contributed by atoms with E-state index in [1.54, 1.807) is 0 Å². The third-order valence-electron chi connectivity index (χ3n) is 5.80. The molecular formula is C31H24BrP. The third kappa shape index (κ3) is 5.01. The van der Waals surface area contributed by atoms with Crippen molar-refractivity contribution < 1.29 is 0 Å². The molecule has 0 radical (unpaired) electrons. The molecule has 33 heavy (non-hydrogen) atoms. The van der Waals surface area contributed by atoms with Crippen molar-refractivity contribution in [2.75, 3.05) is 0 Å². The first kappa shape index (κ1) is 21.8. The van der Waals surface area contributed by atoms with Crippen molar-refractivity contribution in [1.82, 2.24) is 0 Å². The zero-order chi connectivity index (χ0) is 22.5. The Hall–Kier alpha value is -2.99. The monoisotopic (exact) mass is 506 g/mol. The first-order valence-corrected chi connectivity index (χ1v) is 13.2. The van der Waals surface area contributed by atoms with Crippen LogP contribution in [-0.4, -0.2) is 0 Å². The summed E-state index contributed by atoms with van der Waals surface area (Å²) >= 11 is 3.51. The predicted molar refractivity (Wildman–Crippen MR) is 148 cm³/mol. The molecule has 5 aromatic rings. The van der Waals surface area contributed by atoms with Crippen LogP contribution < -0.4 is 15.9 Å². The van der Waals surface area contributed by atoms with E-state index >= 15 is 0 Å². The molecule has 0 N–H and O–H groups in total. The minimum atomic E-state index is -0.446. The lowest BCUT2D eigenvalue weighted by molar-refractivity contribution is 1.26. The number of benzene rings is 5. The molecule has 0 aliphatic heterocycles. The van der Waals surface area contributed by atoms with Crippen LogP contribution >= 0.6 is 23.9 Å². The highest BCUT2D eigenvalue weighted by atomic mass is 79.9. The van der Waals surface area contributed by atoms with Crippen molar-refractivity contribution in [3.8, 4) is 11.1 Å². The molecule has 160 valence electrons. The van der Waals surface area contributed by atoms with Crippen LogP contribution in [0.3, 0.4) is 0 Å². The topological polar surface area (TPSA) is 0 Å². The van der Waals surface area contributed by atoms with E-state index in [4.69, 9.17) is 0 Å². The fraction of sp³-hybridized carbons (Fsp3) is 0.0323. The average Bonchev–Trinajstić information content (AvgIpc) is 3.24. The fourth-order valence-electron chi connectivity index (χ4n) is 4.29. The highest BCUT2D eigenvalue weighted by Gasteiger charge is 2.17. The Kier molecular flexibility index (Phi) is 6.81. The second-order valence-corrected chi connectivity index (χ2v) is 11.1. The van der Waals surface area contributed by atoms with Crippen LogP contribution in [0.1, 0.15) is 11.1 Å². The molecule has 6 rings (SSSR count). The number of fused-ring (bicyclic) bond motifs is 3. The summed E-state index contributed by atoms with van der Waals surface area (Å²) in [6.07, 6.45) is 1.07. The van der Waals surface area contributed by atoms with Gasteiger partial charge in [0.2, 0.25) is 0 Å². The van der Waals surface area contributed by atoms with Gasteiger partial charge in [-0.1, -0.05) is 137 Å². The Morgan fingerprint density at radius 2 is 0.909 bits per heavy atom. The van der Waals surface area contributed by atoms with Gasteiger partial charge in [0.15, 0.2) is 0 Å². The van der Waals surface area contributed by atoms with Crippen LogP contribution in [0.5, 0.6) is 0 Å². The molecule has 0 saturated heterocycles. The number of rotatable bonds is 3. The number of halogens is 1. The van der Waals surface area contributed by atoms with Gasteiger partial charge >= 0.3 is 0 Å². The van der Waals surface area contributed by atoms with E-state index in [2.05, 4.69) is 149 Å². The quantitative estimate of drug-likeness (QED) is 0.218. The average molecular weight is 507 g/mol. The van der Waals surface area contributed by atoms with Gasteiger partial charge < -0.3 is 0 Å². The van der Waals surface area contributed by atoms with Gasteiger partial charge in [-0.2, -0.15) is 0 Å². The molecule has 0 bridgehead atoms. The maximum absolute atomic E-state index is 3.51. The van der Waals surface area contributed by atoms with E-state index in [0.717, 1.165) is 6.42 Å². The van der Waals surface area contributed by atoms with Crippen LogP contribution in [-0.2, 0) is 6.42 Å². The van der Waals surface area contributed by atoms with Gasteiger partial charge in [0.25, 0.3) is 0 Å². The molecular weight excluding hydrogens is 483 g/mol. The molecule has 2 heteroatoms. The largest absolute Gasteiger partial charge is 0.0622 e. The van der Waals surface area contributed by atoms with Crippen molar-refractivity contribution in [1.29, 1.82) is 0 Å². The van der Waals surface area contributed by atoms with Gasteiger partial charge in [0.05, 0.1) is 0 Å². The van der Waals surface area contributed by atoms with E-state index < -0.39 is 7.92 Å². The van der Waals surface area contributed by atoms with Crippen LogP contribution in [0.25, 0.3) is 11.1 Å². The molecule has 0 nitrogen and oxygen atoms in total. The first-order valence-electron chi connectivity index (χ1n) is 11.1. The normalized spacial score (nSPS) is 11.3. The molecule has 5 aromatic carbocycles. The molecule has 0 saturated carbocycles. The van der Waals surface area contributed by atoms with Gasteiger partial charge in [0.1, 0.15) is 0 Å². The molecule has 0 fully saturated rings. The Labute approximate surface area is 205 Å². The fourth-order valence-corrected chi connectivity index (χ4v) is 7.01. The maximum atomic E-state index is 3.51. The van der Waals surface area contributed by atoms with E-state index in [0.29, 0.717) is 0 Å². The lowest BCUT2D eigenvalue weighted by Gasteiger charge is -2.18. The van der Waals surface area contributed by atoms with Crippen molar-refractivity contribution in [3.63, 3.8) is 0 Å². The molecule has 0 amide bonds. The third-order valence-corrected chi connectivity index (χ3v) is 8.74. The summed E-state index contributed by atoms with van der Waals surface area (Å²) in [5.41, 5.74) is 5.67. The molecule has 0 spiro atoms. The highest BCUT2D eigenvalue weighted by Crippen LogP contribution is 2.37. The molecule has 0 heterocycles. The van der Waals surface area contributed by atoms with Gasteiger partial charge in [0, 0.05) is 4.47 Å². The van der Waals surface area contributed by atoms with Crippen molar-refractivity contribution in [2.24, 2.45) is 0 Å². The standard InChI is InChI=1S/C18H15P.C13H9Br/c1-4-10-16(11-5-1)19(17-12-6-2-7-13-17)18-14-8-3-9-15-18;14-11-5-6-13-10(8-11)7-9-3-1-2-4-12(9)13/h1-15H;1-6,8H,7H2. The second-order valence-electron chi connectivity index (χ2n) is 7.98. The van der Waals surface area contributed by atoms with E-state index in [-0.39, 0.29) is 0 Å². The summed E-state index contributed by atoms with van der Waals surface area (Å²) in [6.45, 7) is 0. The van der Waals surface area contributed by atoms with Crippen molar-refractivity contribution in [2.45, 2.75) is 6.42 Å². The summed E-state index contributed by atoms with van der Waals surface area (Å²) in [6, 6.07) is 47.5. The van der Waals surface area contributed by atoms with Gasteiger partial charge in [-0.15, -0.1) is 0 Å². The minimum absolute atomic E-state index is 0.446. The van der Waals surface area contributed by atoms with E-state index in [1.807, 2.05) is 0 Å². The predicted octanol–water partition coefficient (Wildman–Crippen LogP) is 7.47. The highest BCUT2D eigenvalue weighted by molar-refractivity contribution is 9.10. The Morgan fingerprint density at radius 3 is 1.45 bits per heavy atom. The van der Waals surface area contributed by atoms with Crippen LogP contribution in [0.4, 0.5) is 0 Å². The maximum Gasteiger partial charge on any atom is 0.0178 e. The number of hydrogen-bond acceptors (Lipinski definition) is 0. The van der Waals surface area contributed by atoms with Crippen molar-refractivity contribution >= 4 is 39.8 Å². The molecule has 0 atom stereocenters. The summed E-state index contributed by atoms with van der Waals surface area (Å²) in [7, 11) is -0.446. The summed E-state index contributed by atoms with van der Waals surface area (Å²) in [4.78, 5) is 0. The number of hydrogen-bond donors (Lipinski definition) is 0. The van der Waals surface area contributed by atoms with Gasteiger partial charge in [-0.3, -0.25) is 0 Å².